The zero-order valence-corrected chi connectivity index (χ0v) is 17.8. The van der Waals surface area contributed by atoms with Crippen LogP contribution in [0.3, 0.4) is 0 Å². The second-order valence-corrected chi connectivity index (χ2v) is 7.86. The van der Waals surface area contributed by atoms with Gasteiger partial charge >= 0.3 is 0 Å². The highest BCUT2D eigenvalue weighted by Crippen LogP contribution is 2.31. The van der Waals surface area contributed by atoms with Crippen LogP contribution in [0.5, 0.6) is 0 Å². The van der Waals surface area contributed by atoms with Gasteiger partial charge in [0.2, 0.25) is 0 Å². The molecule has 132 valence electrons. The predicted octanol–water partition coefficient (Wildman–Crippen LogP) is 7.53. The van der Waals surface area contributed by atoms with Crippen molar-refractivity contribution in [3.05, 3.63) is 111 Å². The van der Waals surface area contributed by atoms with Gasteiger partial charge in [-0.2, -0.15) is 5.26 Å². The van der Waals surface area contributed by atoms with E-state index in [1.54, 1.807) is 0 Å². The SMILES string of the molecule is C=C(Cc1cc(Br)c(C=C(C#N)c2ccccc2)cc1Br)c1ccccc1. The van der Waals surface area contributed by atoms with Crippen molar-refractivity contribution in [1.29, 1.82) is 5.26 Å². The maximum Gasteiger partial charge on any atom is 0.0998 e. The summed E-state index contributed by atoms with van der Waals surface area (Å²) < 4.78 is 1.95. The molecule has 0 bridgehead atoms. The number of hydrogen-bond donors (Lipinski definition) is 0. The van der Waals surface area contributed by atoms with Crippen LogP contribution >= 0.6 is 31.9 Å². The minimum absolute atomic E-state index is 0.629. The third-order valence-electron chi connectivity index (χ3n) is 4.26. The van der Waals surface area contributed by atoms with Gasteiger partial charge in [0.25, 0.3) is 0 Å². The molecule has 0 aliphatic rings. The van der Waals surface area contributed by atoms with E-state index in [0.717, 1.165) is 43.2 Å². The summed E-state index contributed by atoms with van der Waals surface area (Å²) in [6, 6.07) is 26.3. The van der Waals surface area contributed by atoms with Crippen LogP contribution in [0.15, 0.2) is 88.3 Å². The molecule has 0 atom stereocenters. The maximum atomic E-state index is 9.54. The number of allylic oxidation sites excluding steroid dienone is 2. The zero-order valence-electron chi connectivity index (χ0n) is 14.6. The summed E-state index contributed by atoms with van der Waals surface area (Å²) >= 11 is 7.33. The van der Waals surface area contributed by atoms with Gasteiger partial charge in [-0.15, -0.1) is 0 Å². The molecular formula is C24H17Br2N. The lowest BCUT2D eigenvalue weighted by atomic mass is 9.98. The van der Waals surface area contributed by atoms with Crippen molar-refractivity contribution in [3.8, 4) is 6.07 Å². The first kappa shape index (κ1) is 19.4. The molecule has 0 fully saturated rings. The van der Waals surface area contributed by atoms with Crippen molar-refractivity contribution in [2.75, 3.05) is 0 Å². The van der Waals surface area contributed by atoms with Crippen LogP contribution in [0.4, 0.5) is 0 Å². The van der Waals surface area contributed by atoms with Crippen molar-refractivity contribution >= 4 is 49.1 Å². The topological polar surface area (TPSA) is 23.8 Å². The van der Waals surface area contributed by atoms with Crippen molar-refractivity contribution in [3.63, 3.8) is 0 Å². The third kappa shape index (κ3) is 4.86. The Morgan fingerprint density at radius 1 is 0.889 bits per heavy atom. The maximum absolute atomic E-state index is 9.54. The smallest absolute Gasteiger partial charge is 0.0998 e. The van der Waals surface area contributed by atoms with Crippen molar-refractivity contribution < 1.29 is 0 Å². The highest BCUT2D eigenvalue weighted by atomic mass is 79.9. The molecule has 0 saturated heterocycles. The second kappa shape index (κ2) is 8.99. The van der Waals surface area contributed by atoms with Crippen LogP contribution in [0, 0.1) is 11.3 Å². The van der Waals surface area contributed by atoms with Gasteiger partial charge in [-0.05, 0) is 52.5 Å². The molecule has 0 amide bonds. The summed E-state index contributed by atoms with van der Waals surface area (Å²) in [5, 5.41) is 9.54. The van der Waals surface area contributed by atoms with E-state index >= 15 is 0 Å². The highest BCUT2D eigenvalue weighted by Gasteiger charge is 2.10. The third-order valence-corrected chi connectivity index (χ3v) is 5.68. The van der Waals surface area contributed by atoms with Gasteiger partial charge in [-0.1, -0.05) is 99.1 Å². The number of rotatable bonds is 5. The summed E-state index contributed by atoms with van der Waals surface area (Å²) in [6.07, 6.45) is 2.65. The van der Waals surface area contributed by atoms with Crippen molar-refractivity contribution in [1.82, 2.24) is 0 Å². The molecule has 0 radical (unpaired) electrons. The Hall–Kier alpha value is -2.41. The first-order chi connectivity index (χ1) is 13.1. The van der Waals surface area contributed by atoms with Gasteiger partial charge in [0.15, 0.2) is 0 Å². The molecule has 0 N–H and O–H groups in total. The lowest BCUT2D eigenvalue weighted by Crippen LogP contribution is -1.93. The molecule has 0 spiro atoms. The summed E-state index contributed by atoms with van der Waals surface area (Å²) in [7, 11) is 0. The van der Waals surface area contributed by atoms with E-state index in [4.69, 9.17) is 0 Å². The lowest BCUT2D eigenvalue weighted by Gasteiger charge is -2.11. The van der Waals surface area contributed by atoms with Gasteiger partial charge in [0.05, 0.1) is 11.6 Å². The Bertz CT molecular complexity index is 1030. The van der Waals surface area contributed by atoms with Crippen LogP contribution < -0.4 is 0 Å². The van der Waals surface area contributed by atoms with Gasteiger partial charge in [0, 0.05) is 8.95 Å². The van der Waals surface area contributed by atoms with E-state index in [2.05, 4.69) is 62.7 Å². The molecule has 0 heterocycles. The molecular weight excluding hydrogens is 462 g/mol. The van der Waals surface area contributed by atoms with E-state index < -0.39 is 0 Å². The Kier molecular flexibility index (Phi) is 6.45. The average Bonchev–Trinajstić information content (AvgIpc) is 2.70. The second-order valence-electron chi connectivity index (χ2n) is 6.15. The number of nitrogens with zero attached hydrogens (tertiary/aromatic N) is 1. The fraction of sp³-hybridized carbons (Fsp3) is 0.0417. The summed E-state index contributed by atoms with van der Waals surface area (Å²) in [6.45, 7) is 4.22. The van der Waals surface area contributed by atoms with Crippen LogP contribution in [0.2, 0.25) is 0 Å². The molecule has 0 aliphatic heterocycles. The molecule has 0 unspecified atom stereocenters. The molecule has 1 nitrogen and oxygen atoms in total. The predicted molar refractivity (Wildman–Crippen MR) is 121 cm³/mol. The lowest BCUT2D eigenvalue weighted by molar-refractivity contribution is 1.25. The molecule has 3 heteroatoms. The average molecular weight is 479 g/mol. The van der Waals surface area contributed by atoms with Crippen LogP contribution in [0.25, 0.3) is 17.2 Å². The highest BCUT2D eigenvalue weighted by molar-refractivity contribution is 9.11. The van der Waals surface area contributed by atoms with Gasteiger partial charge in [-0.3, -0.25) is 0 Å². The van der Waals surface area contributed by atoms with E-state index in [1.165, 1.54) is 0 Å². The Balaban J connectivity index is 1.90. The summed E-state index contributed by atoms with van der Waals surface area (Å²) in [5.41, 5.74) is 5.84. The minimum Gasteiger partial charge on any atom is -0.192 e. The van der Waals surface area contributed by atoms with Crippen LogP contribution in [-0.2, 0) is 6.42 Å². The normalized spacial score (nSPS) is 11.1. The van der Waals surface area contributed by atoms with Crippen LogP contribution in [-0.4, -0.2) is 0 Å². The number of hydrogen-bond acceptors (Lipinski definition) is 1. The Morgan fingerprint density at radius 2 is 1.48 bits per heavy atom. The largest absolute Gasteiger partial charge is 0.192 e. The van der Waals surface area contributed by atoms with Gasteiger partial charge in [0.1, 0.15) is 0 Å². The van der Waals surface area contributed by atoms with Crippen molar-refractivity contribution in [2.24, 2.45) is 0 Å². The first-order valence-corrected chi connectivity index (χ1v) is 10.1. The summed E-state index contributed by atoms with van der Waals surface area (Å²) in [5.74, 6) is 0. The fourth-order valence-electron chi connectivity index (χ4n) is 2.81. The van der Waals surface area contributed by atoms with Gasteiger partial charge < -0.3 is 0 Å². The monoisotopic (exact) mass is 477 g/mol. The molecule has 0 aromatic heterocycles. The molecule has 0 saturated carbocycles. The van der Waals surface area contributed by atoms with Crippen LogP contribution in [0.1, 0.15) is 22.3 Å². The van der Waals surface area contributed by atoms with E-state index in [0.29, 0.717) is 5.57 Å². The van der Waals surface area contributed by atoms with Crippen molar-refractivity contribution in [2.45, 2.75) is 6.42 Å². The fourth-order valence-corrected chi connectivity index (χ4v) is 3.82. The molecule has 3 aromatic carbocycles. The Labute approximate surface area is 176 Å². The molecule has 3 rings (SSSR count). The van der Waals surface area contributed by atoms with Gasteiger partial charge in [-0.25, -0.2) is 0 Å². The number of benzene rings is 3. The minimum atomic E-state index is 0.629. The standard InChI is InChI=1S/C24H17Br2N/c1-17(18-8-4-2-5-9-18)12-20-14-24(26)21(15-23(20)25)13-22(16-27)19-10-6-3-7-11-19/h2-11,13-15H,1,12H2. The van der Waals surface area contributed by atoms with E-state index in [9.17, 15) is 5.26 Å². The quantitative estimate of drug-likeness (QED) is 0.274. The number of nitriles is 1. The van der Waals surface area contributed by atoms with E-state index in [1.807, 2.05) is 60.7 Å². The Morgan fingerprint density at radius 3 is 2.07 bits per heavy atom. The number of halogens is 2. The summed E-state index contributed by atoms with van der Waals surface area (Å²) in [4.78, 5) is 0. The van der Waals surface area contributed by atoms with E-state index in [-0.39, 0.29) is 0 Å². The molecule has 3 aromatic rings. The molecule has 27 heavy (non-hydrogen) atoms. The zero-order chi connectivity index (χ0) is 19.2. The first-order valence-electron chi connectivity index (χ1n) is 8.47. The molecule has 0 aliphatic carbocycles.